The molecule has 1 amide bonds. The number of carbonyl (C=O) groups is 5. The summed E-state index contributed by atoms with van der Waals surface area (Å²) in [4.78, 5) is 80.5. The Kier molecular flexibility index (Phi) is 19.5. The second kappa shape index (κ2) is 23.3. The Bertz CT molecular complexity index is 1200. The molecule has 1 aromatic carbocycles. The van der Waals surface area contributed by atoms with E-state index in [1.807, 2.05) is 14.7 Å². The first-order valence-electron chi connectivity index (χ1n) is 16.8. The first-order chi connectivity index (χ1) is 24.0. The minimum atomic E-state index is -0.628. The summed E-state index contributed by atoms with van der Waals surface area (Å²) < 4.78 is 19.1. The molecule has 50 heavy (non-hydrogen) atoms. The van der Waals surface area contributed by atoms with Gasteiger partial charge in [0.15, 0.2) is 0 Å². The molecule has 1 aromatic rings. The molecule has 1 aliphatic carbocycles. The molecular formula is C33H52N6O11. The van der Waals surface area contributed by atoms with E-state index in [0.29, 0.717) is 45.7 Å². The fourth-order valence-corrected chi connectivity index (χ4v) is 5.72. The fourth-order valence-electron chi connectivity index (χ4n) is 5.72. The van der Waals surface area contributed by atoms with Crippen LogP contribution in [0.3, 0.4) is 0 Å². The van der Waals surface area contributed by atoms with Crippen LogP contribution in [-0.2, 0) is 38.2 Å². The molecule has 1 aliphatic heterocycles. The highest BCUT2D eigenvalue weighted by molar-refractivity contribution is 5.84. The molecule has 0 aromatic heterocycles. The molecule has 1 heterocycles. The van der Waals surface area contributed by atoms with Crippen molar-refractivity contribution >= 4 is 36.0 Å². The zero-order valence-corrected chi connectivity index (χ0v) is 29.7. The SMILES string of the molecule is CCN1CCN(CC(=O)OC)CCN(CC(=O)N(CC(=O)Oc2ccc([N+](=O)[O-])cc2)C2CCCC2)CCN(CC(=O)OC)CC1.COC=O. The lowest BCUT2D eigenvalue weighted by atomic mass is 10.2. The summed E-state index contributed by atoms with van der Waals surface area (Å²) >= 11 is 0. The number of ether oxygens (including phenoxy) is 4. The molecule has 0 atom stereocenters. The maximum absolute atomic E-state index is 13.9. The van der Waals surface area contributed by atoms with Crippen molar-refractivity contribution < 1.29 is 47.8 Å². The lowest BCUT2D eigenvalue weighted by molar-refractivity contribution is -0.384. The van der Waals surface area contributed by atoms with E-state index in [2.05, 4.69) is 16.6 Å². The quantitative estimate of drug-likeness (QED) is 0.0695. The molecule has 0 radical (unpaired) electrons. The number of amides is 1. The van der Waals surface area contributed by atoms with E-state index in [1.54, 1.807) is 4.90 Å². The molecule has 0 unspecified atom stereocenters. The van der Waals surface area contributed by atoms with Crippen LogP contribution in [0.15, 0.2) is 24.3 Å². The number of hydrogen-bond acceptors (Lipinski definition) is 15. The largest absolute Gasteiger partial charge is 0.471 e. The number of carbonyl (C=O) groups excluding carboxylic acids is 5. The van der Waals surface area contributed by atoms with Crippen molar-refractivity contribution in [3.63, 3.8) is 0 Å². The van der Waals surface area contributed by atoms with Gasteiger partial charge in [-0.25, -0.2) is 4.79 Å². The van der Waals surface area contributed by atoms with Crippen LogP contribution in [0.1, 0.15) is 32.6 Å². The summed E-state index contributed by atoms with van der Waals surface area (Å²) in [6, 6.07) is 5.12. The van der Waals surface area contributed by atoms with Gasteiger partial charge in [0.25, 0.3) is 12.2 Å². The average molecular weight is 709 g/mol. The molecule has 2 fully saturated rings. The maximum Gasteiger partial charge on any atom is 0.331 e. The Morgan fingerprint density at radius 2 is 1.22 bits per heavy atom. The molecule has 0 spiro atoms. The highest BCUT2D eigenvalue weighted by Gasteiger charge is 2.30. The van der Waals surface area contributed by atoms with Gasteiger partial charge in [0.2, 0.25) is 5.91 Å². The molecule has 2 aliphatic rings. The van der Waals surface area contributed by atoms with Crippen molar-refractivity contribution in [2.45, 2.75) is 38.6 Å². The summed E-state index contributed by atoms with van der Waals surface area (Å²) in [6.45, 7) is 8.04. The monoisotopic (exact) mass is 708 g/mol. The third-order valence-electron chi connectivity index (χ3n) is 8.66. The summed E-state index contributed by atoms with van der Waals surface area (Å²) in [5.74, 6) is -1.34. The van der Waals surface area contributed by atoms with Crippen molar-refractivity contribution in [2.24, 2.45) is 0 Å². The molecule has 3 rings (SSSR count). The molecule has 17 heteroatoms. The Morgan fingerprint density at radius 3 is 1.62 bits per heavy atom. The Labute approximate surface area is 293 Å². The third-order valence-corrected chi connectivity index (χ3v) is 8.66. The van der Waals surface area contributed by atoms with Crippen LogP contribution >= 0.6 is 0 Å². The number of methoxy groups -OCH3 is 3. The Morgan fingerprint density at radius 1 is 0.780 bits per heavy atom. The zero-order chi connectivity index (χ0) is 36.9. The minimum Gasteiger partial charge on any atom is -0.471 e. The zero-order valence-electron chi connectivity index (χ0n) is 29.7. The van der Waals surface area contributed by atoms with Crippen LogP contribution < -0.4 is 4.74 Å². The number of nitrogens with zero attached hydrogens (tertiary/aromatic N) is 6. The topological polar surface area (TPSA) is 182 Å². The summed E-state index contributed by atoms with van der Waals surface area (Å²) in [6.07, 6.45) is 3.47. The molecule has 280 valence electrons. The minimum absolute atomic E-state index is 0.0422. The first-order valence-corrected chi connectivity index (χ1v) is 16.8. The number of rotatable bonds is 13. The van der Waals surface area contributed by atoms with Gasteiger partial charge in [0, 0.05) is 70.5 Å². The van der Waals surface area contributed by atoms with Gasteiger partial charge in [-0.05, 0) is 31.5 Å². The molecular weight excluding hydrogens is 656 g/mol. The Hall–Kier alpha value is -4.19. The van der Waals surface area contributed by atoms with E-state index < -0.39 is 10.9 Å². The third kappa shape index (κ3) is 15.6. The van der Waals surface area contributed by atoms with E-state index in [0.717, 1.165) is 45.3 Å². The number of non-ortho nitro benzene ring substituents is 1. The number of likely N-dealkylation sites (N-methyl/N-ethyl adjacent to an activating group) is 1. The fraction of sp³-hybridized carbons (Fsp3) is 0.667. The van der Waals surface area contributed by atoms with Crippen LogP contribution in [0.2, 0.25) is 0 Å². The molecule has 1 saturated heterocycles. The van der Waals surface area contributed by atoms with E-state index >= 15 is 0 Å². The normalized spacial score (nSPS) is 17.2. The van der Waals surface area contributed by atoms with Gasteiger partial charge < -0.3 is 28.7 Å². The van der Waals surface area contributed by atoms with E-state index in [4.69, 9.17) is 19.0 Å². The second-order valence-corrected chi connectivity index (χ2v) is 11.9. The molecule has 0 bridgehead atoms. The maximum atomic E-state index is 13.9. The van der Waals surface area contributed by atoms with Gasteiger partial charge in [-0.2, -0.15) is 0 Å². The van der Waals surface area contributed by atoms with Gasteiger partial charge in [-0.1, -0.05) is 19.8 Å². The number of nitro groups is 1. The van der Waals surface area contributed by atoms with Crippen LogP contribution in [0.5, 0.6) is 5.75 Å². The number of benzene rings is 1. The van der Waals surface area contributed by atoms with Crippen molar-refractivity contribution in [1.29, 1.82) is 0 Å². The van der Waals surface area contributed by atoms with Crippen molar-refractivity contribution in [3.8, 4) is 5.75 Å². The smallest absolute Gasteiger partial charge is 0.331 e. The predicted octanol–water partition coefficient (Wildman–Crippen LogP) is 0.648. The number of esters is 3. The van der Waals surface area contributed by atoms with Crippen LogP contribution in [0.4, 0.5) is 5.69 Å². The lowest BCUT2D eigenvalue weighted by Gasteiger charge is -2.34. The molecule has 0 N–H and O–H groups in total. The highest BCUT2D eigenvalue weighted by atomic mass is 16.6. The van der Waals surface area contributed by atoms with Gasteiger partial charge in [0.05, 0.1) is 45.9 Å². The molecule has 17 nitrogen and oxygen atoms in total. The van der Waals surface area contributed by atoms with Crippen molar-refractivity contribution in [2.75, 3.05) is 106 Å². The van der Waals surface area contributed by atoms with E-state index in [9.17, 15) is 29.3 Å². The van der Waals surface area contributed by atoms with E-state index in [-0.39, 0.29) is 61.5 Å². The summed E-state index contributed by atoms with van der Waals surface area (Å²) in [5, 5.41) is 11.0. The highest BCUT2D eigenvalue weighted by Crippen LogP contribution is 2.24. The van der Waals surface area contributed by atoms with Gasteiger partial charge in [-0.15, -0.1) is 0 Å². The second-order valence-electron chi connectivity index (χ2n) is 11.9. The number of hydrogen-bond donors (Lipinski definition) is 0. The number of nitro benzene ring substituents is 1. The van der Waals surface area contributed by atoms with Crippen LogP contribution in [0.25, 0.3) is 0 Å². The molecule has 1 saturated carbocycles. The predicted molar refractivity (Wildman–Crippen MR) is 181 cm³/mol. The van der Waals surface area contributed by atoms with Crippen molar-refractivity contribution in [3.05, 3.63) is 34.4 Å². The van der Waals surface area contributed by atoms with Crippen LogP contribution in [-0.4, -0.2) is 172 Å². The van der Waals surface area contributed by atoms with Gasteiger partial charge in [0.1, 0.15) is 12.3 Å². The Balaban J connectivity index is 0.00000205. The standard InChI is InChI=1S/C31H48N6O9.C2H4O2/c1-4-32-13-15-34(22-29(39)44-2)19-17-33(18-20-35(16-14-32)23-30(40)45-3)21-28(38)36(25-7-5-6-8-25)24-31(41)46-27-11-9-26(10-12-27)37(42)43;1-4-2-3/h9-12,25H,4-8,13-24H2,1-3H3;2H,1H3. The summed E-state index contributed by atoms with van der Waals surface area (Å²) in [7, 11) is 4.04. The first kappa shape index (κ1) is 42.0. The van der Waals surface area contributed by atoms with E-state index in [1.165, 1.54) is 45.6 Å². The average Bonchev–Trinajstić information content (AvgIpc) is 3.65. The van der Waals surface area contributed by atoms with Crippen molar-refractivity contribution in [1.82, 2.24) is 24.5 Å². The summed E-state index contributed by atoms with van der Waals surface area (Å²) in [5.41, 5.74) is -0.119. The van der Waals surface area contributed by atoms with Gasteiger partial charge in [-0.3, -0.25) is 44.0 Å². The van der Waals surface area contributed by atoms with Gasteiger partial charge >= 0.3 is 17.9 Å². The lowest BCUT2D eigenvalue weighted by Crippen LogP contribution is -2.51. The van der Waals surface area contributed by atoms with Crippen LogP contribution in [0, 0.1) is 10.1 Å².